The number of hydrogen-bond acceptors (Lipinski definition) is 9. The summed E-state index contributed by atoms with van der Waals surface area (Å²) >= 11 is 0. The van der Waals surface area contributed by atoms with Gasteiger partial charge in [0.2, 0.25) is 5.78 Å². The number of aliphatic hydroxyl groups is 3. The van der Waals surface area contributed by atoms with Crippen LogP contribution in [0.3, 0.4) is 0 Å². The van der Waals surface area contributed by atoms with Crippen molar-refractivity contribution in [3.63, 3.8) is 0 Å². The van der Waals surface area contributed by atoms with Crippen LogP contribution in [0.1, 0.15) is 22.3 Å². The minimum Gasteiger partial charge on any atom is -0.510 e. The van der Waals surface area contributed by atoms with Crippen molar-refractivity contribution < 1.29 is 34.8 Å². The number of ketones is 2. The van der Waals surface area contributed by atoms with Crippen molar-refractivity contribution in [2.75, 3.05) is 14.1 Å². The van der Waals surface area contributed by atoms with Gasteiger partial charge in [0.05, 0.1) is 17.8 Å². The summed E-state index contributed by atoms with van der Waals surface area (Å²) in [6, 6.07) is -1.00. The summed E-state index contributed by atoms with van der Waals surface area (Å²) < 4.78 is 0. The number of nitrogens with two attached hydrogens (primary N) is 1. The van der Waals surface area contributed by atoms with Crippen molar-refractivity contribution in [1.29, 1.82) is 0 Å². The third-order valence-electron chi connectivity index (χ3n) is 6.34. The van der Waals surface area contributed by atoms with Crippen LogP contribution in [0, 0.1) is 11.8 Å². The molecule has 0 bridgehead atoms. The van der Waals surface area contributed by atoms with E-state index >= 15 is 0 Å². The first kappa shape index (κ1) is 20.0. The number of likely N-dealkylation sites (N-methyl/N-ethyl adjacent to an activating group) is 1. The molecule has 10 nitrogen and oxygen atoms in total. The standard InChI is InChI=1S/C20H21N3O7/c1-23(2)14-9-4-7-3-8-5-22-6-10(24)11(8)15(25)12(7)17(27)20(9,30)18(28)13(16(14)26)19(21)29/h5-7,9,14,24,26-27,30H,3-4H2,1-2H3,(H2,21,29)/t7-,9-,14-,20-/m0/s1. The zero-order valence-electron chi connectivity index (χ0n) is 16.3. The van der Waals surface area contributed by atoms with Gasteiger partial charge in [-0.1, -0.05) is 0 Å². The van der Waals surface area contributed by atoms with Crippen molar-refractivity contribution >= 4 is 17.5 Å². The number of carbonyl (C=O) groups excluding carboxylic acids is 3. The number of nitrogens with zero attached hydrogens (tertiary/aromatic N) is 2. The summed E-state index contributed by atoms with van der Waals surface area (Å²) in [6.45, 7) is 0. The van der Waals surface area contributed by atoms with Crippen LogP contribution in [0.4, 0.5) is 0 Å². The highest BCUT2D eigenvalue weighted by atomic mass is 16.3. The predicted molar refractivity (Wildman–Crippen MR) is 101 cm³/mol. The highest BCUT2D eigenvalue weighted by molar-refractivity contribution is 6.24. The topological polar surface area (TPSA) is 174 Å². The van der Waals surface area contributed by atoms with Crippen LogP contribution < -0.4 is 5.73 Å². The maximum Gasteiger partial charge on any atom is 0.255 e. The molecule has 0 fully saturated rings. The quantitative estimate of drug-likeness (QED) is 0.399. The van der Waals surface area contributed by atoms with Gasteiger partial charge in [-0.25, -0.2) is 0 Å². The molecular weight excluding hydrogens is 394 g/mol. The lowest BCUT2D eigenvalue weighted by Crippen LogP contribution is -2.63. The van der Waals surface area contributed by atoms with Crippen LogP contribution in [0.2, 0.25) is 0 Å². The van der Waals surface area contributed by atoms with Gasteiger partial charge in [0.25, 0.3) is 5.91 Å². The number of fused-ring (bicyclic) bond motifs is 3. The summed E-state index contributed by atoms with van der Waals surface area (Å²) in [5, 5.41) is 43.1. The van der Waals surface area contributed by atoms with Crippen LogP contribution >= 0.6 is 0 Å². The van der Waals surface area contributed by atoms with Crippen molar-refractivity contribution in [2.24, 2.45) is 17.6 Å². The summed E-state index contributed by atoms with van der Waals surface area (Å²) in [4.78, 5) is 43.4. The van der Waals surface area contributed by atoms with E-state index in [4.69, 9.17) is 5.73 Å². The number of aromatic nitrogens is 1. The summed E-state index contributed by atoms with van der Waals surface area (Å²) in [6.07, 6.45) is 2.83. The number of aromatic hydroxyl groups is 1. The van der Waals surface area contributed by atoms with Gasteiger partial charge in [0, 0.05) is 17.7 Å². The fourth-order valence-electron chi connectivity index (χ4n) is 5.08. The second kappa shape index (κ2) is 6.38. The zero-order valence-corrected chi connectivity index (χ0v) is 16.3. The van der Waals surface area contributed by atoms with Crippen LogP contribution in [0.25, 0.3) is 0 Å². The highest BCUT2D eigenvalue weighted by Gasteiger charge is 2.63. The van der Waals surface area contributed by atoms with Crippen molar-refractivity contribution in [3.05, 3.63) is 46.2 Å². The Morgan fingerprint density at radius 3 is 2.50 bits per heavy atom. The Bertz CT molecular complexity index is 1070. The van der Waals surface area contributed by atoms with E-state index in [0.717, 1.165) is 6.20 Å². The van der Waals surface area contributed by atoms with Crippen molar-refractivity contribution in [3.8, 4) is 5.75 Å². The molecule has 3 aliphatic rings. The molecule has 0 aliphatic heterocycles. The lowest BCUT2D eigenvalue weighted by molar-refractivity contribution is -0.148. The molecule has 1 heterocycles. The minimum atomic E-state index is -2.62. The monoisotopic (exact) mass is 415 g/mol. The third kappa shape index (κ3) is 2.37. The fraction of sp³-hybridized carbons (Fsp3) is 0.400. The summed E-state index contributed by atoms with van der Waals surface area (Å²) in [5.74, 6) is -6.68. The Hall–Kier alpha value is -3.24. The molecule has 158 valence electrons. The summed E-state index contributed by atoms with van der Waals surface area (Å²) in [5.41, 5.74) is 2.07. The average Bonchev–Trinajstić information content (AvgIpc) is 2.64. The number of allylic oxidation sites excluding steroid dienone is 1. The Balaban J connectivity index is 1.97. The Labute approximate surface area is 170 Å². The first-order valence-corrected chi connectivity index (χ1v) is 9.32. The number of aliphatic hydroxyl groups excluding tert-OH is 2. The Kier molecular flexibility index (Phi) is 4.26. The number of pyridine rings is 1. The molecule has 4 rings (SSSR count). The molecule has 30 heavy (non-hydrogen) atoms. The van der Waals surface area contributed by atoms with Gasteiger partial charge >= 0.3 is 0 Å². The van der Waals surface area contributed by atoms with Gasteiger partial charge in [-0.15, -0.1) is 0 Å². The van der Waals surface area contributed by atoms with E-state index in [0.29, 0.717) is 5.56 Å². The van der Waals surface area contributed by atoms with E-state index in [1.54, 1.807) is 14.1 Å². The Morgan fingerprint density at radius 1 is 1.23 bits per heavy atom. The molecule has 1 aromatic rings. The molecule has 6 N–H and O–H groups in total. The lowest BCUT2D eigenvalue weighted by Gasteiger charge is -2.50. The molecule has 3 aliphatic carbocycles. The number of primary amides is 1. The van der Waals surface area contributed by atoms with Crippen molar-refractivity contribution in [2.45, 2.75) is 24.5 Å². The van der Waals surface area contributed by atoms with Gasteiger partial charge in [0.15, 0.2) is 11.4 Å². The fourth-order valence-corrected chi connectivity index (χ4v) is 5.08. The normalized spacial score (nSPS) is 30.9. The largest absolute Gasteiger partial charge is 0.510 e. The van der Waals surface area contributed by atoms with E-state index < -0.39 is 58.0 Å². The number of hydrogen-bond donors (Lipinski definition) is 5. The number of carbonyl (C=O) groups is 3. The molecule has 0 saturated carbocycles. The van der Waals surface area contributed by atoms with E-state index in [-0.39, 0.29) is 29.7 Å². The number of amides is 1. The van der Waals surface area contributed by atoms with E-state index in [2.05, 4.69) is 4.98 Å². The second-order valence-corrected chi connectivity index (χ2v) is 8.16. The molecular formula is C20H21N3O7. The minimum absolute atomic E-state index is 0.0502. The molecule has 0 radical (unpaired) electrons. The lowest BCUT2D eigenvalue weighted by atomic mass is 9.58. The molecule has 0 saturated heterocycles. The van der Waals surface area contributed by atoms with Gasteiger partial charge in [0.1, 0.15) is 22.8 Å². The van der Waals surface area contributed by atoms with E-state index in [9.17, 15) is 34.8 Å². The smallest absolute Gasteiger partial charge is 0.255 e. The molecule has 1 amide bonds. The first-order valence-electron chi connectivity index (χ1n) is 9.32. The second-order valence-electron chi connectivity index (χ2n) is 8.16. The maximum absolute atomic E-state index is 13.1. The number of rotatable bonds is 2. The van der Waals surface area contributed by atoms with Gasteiger partial charge in [-0.05, 0) is 38.4 Å². The molecule has 10 heteroatoms. The van der Waals surface area contributed by atoms with Gasteiger partial charge in [-0.3, -0.25) is 24.3 Å². The molecule has 0 aromatic carbocycles. The number of Topliss-reactive ketones (excluding diaryl/α,β-unsaturated/α-hetero) is 2. The van der Waals surface area contributed by atoms with Crippen LogP contribution in [0.5, 0.6) is 5.75 Å². The van der Waals surface area contributed by atoms with Gasteiger partial charge < -0.3 is 26.2 Å². The van der Waals surface area contributed by atoms with Crippen LogP contribution in [-0.4, -0.2) is 73.5 Å². The van der Waals surface area contributed by atoms with Crippen LogP contribution in [0.15, 0.2) is 35.1 Å². The molecule has 4 atom stereocenters. The van der Waals surface area contributed by atoms with E-state index in [1.165, 1.54) is 11.1 Å². The summed E-state index contributed by atoms with van der Waals surface area (Å²) in [7, 11) is 3.16. The highest BCUT2D eigenvalue weighted by Crippen LogP contribution is 2.51. The van der Waals surface area contributed by atoms with Crippen LogP contribution in [-0.2, 0) is 16.0 Å². The SMILES string of the molecule is CN(C)[C@@H]1C(O)=C(C(N)=O)C(=O)[C@@]2(O)C(O)=C3C(=O)c4c(O)cncc4C[C@H]3C[C@@H]12. The maximum atomic E-state index is 13.1. The van der Waals surface area contributed by atoms with Crippen molar-refractivity contribution in [1.82, 2.24) is 9.88 Å². The van der Waals surface area contributed by atoms with Gasteiger partial charge in [-0.2, -0.15) is 0 Å². The third-order valence-corrected chi connectivity index (χ3v) is 6.34. The first-order chi connectivity index (χ1) is 14.0. The molecule has 0 unspecified atom stereocenters. The average molecular weight is 415 g/mol. The predicted octanol–water partition coefficient (Wildman–Crippen LogP) is -0.484. The molecule has 1 aromatic heterocycles. The zero-order chi connectivity index (χ0) is 22.1. The Morgan fingerprint density at radius 2 is 1.90 bits per heavy atom. The molecule has 0 spiro atoms. The van der Waals surface area contributed by atoms with E-state index in [1.807, 2.05) is 0 Å².